The van der Waals surface area contributed by atoms with Crippen LogP contribution < -0.4 is 10.5 Å². The Balaban J connectivity index is 2.17. The zero-order valence-corrected chi connectivity index (χ0v) is 11.9. The van der Waals surface area contributed by atoms with Crippen LogP contribution in [-0.2, 0) is 0 Å². The number of aliphatic hydroxyl groups excluding tert-OH is 1. The lowest BCUT2D eigenvalue weighted by molar-refractivity contribution is 0.0943. The van der Waals surface area contributed by atoms with Gasteiger partial charge >= 0.3 is 0 Å². The molecule has 0 heterocycles. The van der Waals surface area contributed by atoms with Gasteiger partial charge in [-0.3, -0.25) is 0 Å². The van der Waals surface area contributed by atoms with Gasteiger partial charge in [0, 0.05) is 18.0 Å². The molecule has 1 aliphatic carbocycles. The highest BCUT2D eigenvalue weighted by atomic mass is 16.5. The predicted molar refractivity (Wildman–Crippen MR) is 77.5 cm³/mol. The molecule has 0 amide bonds. The van der Waals surface area contributed by atoms with Crippen LogP contribution in [0.2, 0.25) is 0 Å². The normalized spacial score (nSPS) is 18.7. The first-order valence-electron chi connectivity index (χ1n) is 7.18. The molecule has 3 N–H and O–H groups in total. The largest absolute Gasteiger partial charge is 0.496 e. The SMILES string of the molecule is COc1ccc(C)cc1C(CN)C(O)CC1CCC1. The average Bonchev–Trinajstić information content (AvgIpc) is 2.35. The van der Waals surface area contributed by atoms with Gasteiger partial charge in [0.15, 0.2) is 0 Å². The number of aliphatic hydroxyl groups is 1. The van der Waals surface area contributed by atoms with E-state index < -0.39 is 0 Å². The summed E-state index contributed by atoms with van der Waals surface area (Å²) in [5.74, 6) is 1.48. The second-order valence-corrected chi connectivity index (χ2v) is 5.69. The van der Waals surface area contributed by atoms with Gasteiger partial charge in [0.25, 0.3) is 0 Å². The van der Waals surface area contributed by atoms with Gasteiger partial charge in [0.1, 0.15) is 5.75 Å². The number of rotatable bonds is 6. The second kappa shape index (κ2) is 6.40. The maximum absolute atomic E-state index is 10.5. The van der Waals surface area contributed by atoms with Crippen molar-refractivity contribution in [3.63, 3.8) is 0 Å². The van der Waals surface area contributed by atoms with Crippen LogP contribution in [0.5, 0.6) is 5.75 Å². The number of benzene rings is 1. The molecule has 1 fully saturated rings. The van der Waals surface area contributed by atoms with E-state index in [1.54, 1.807) is 7.11 Å². The molecule has 2 unspecified atom stereocenters. The molecule has 0 aliphatic heterocycles. The summed E-state index contributed by atoms with van der Waals surface area (Å²) in [6.07, 6.45) is 4.29. The molecule has 106 valence electrons. The maximum Gasteiger partial charge on any atom is 0.122 e. The Hall–Kier alpha value is -1.06. The van der Waals surface area contributed by atoms with Crippen LogP contribution >= 0.6 is 0 Å². The van der Waals surface area contributed by atoms with Gasteiger partial charge in [-0.05, 0) is 25.3 Å². The molecule has 19 heavy (non-hydrogen) atoms. The smallest absolute Gasteiger partial charge is 0.122 e. The Kier molecular flexibility index (Phi) is 4.83. The van der Waals surface area contributed by atoms with Crippen molar-refractivity contribution in [1.82, 2.24) is 0 Å². The van der Waals surface area contributed by atoms with Gasteiger partial charge in [0.2, 0.25) is 0 Å². The Morgan fingerprint density at radius 2 is 2.16 bits per heavy atom. The molecule has 2 rings (SSSR count). The molecule has 3 heteroatoms. The molecule has 1 aromatic rings. The van der Waals surface area contributed by atoms with Crippen molar-refractivity contribution in [2.45, 2.75) is 44.6 Å². The quantitative estimate of drug-likeness (QED) is 0.829. The molecule has 1 aromatic carbocycles. The Labute approximate surface area is 115 Å². The fourth-order valence-electron chi connectivity index (χ4n) is 2.87. The Morgan fingerprint density at radius 1 is 1.42 bits per heavy atom. The number of ether oxygens (including phenoxy) is 1. The summed E-state index contributed by atoms with van der Waals surface area (Å²) in [7, 11) is 1.67. The highest BCUT2D eigenvalue weighted by Gasteiger charge is 2.28. The van der Waals surface area contributed by atoms with Crippen molar-refractivity contribution in [2.24, 2.45) is 11.7 Å². The van der Waals surface area contributed by atoms with E-state index >= 15 is 0 Å². The van der Waals surface area contributed by atoms with Crippen LogP contribution in [-0.4, -0.2) is 24.9 Å². The third-order valence-electron chi connectivity index (χ3n) is 4.30. The van der Waals surface area contributed by atoms with Crippen LogP contribution in [0, 0.1) is 12.8 Å². The van der Waals surface area contributed by atoms with Crippen molar-refractivity contribution in [3.8, 4) is 5.75 Å². The van der Waals surface area contributed by atoms with Crippen LogP contribution in [0.15, 0.2) is 18.2 Å². The first kappa shape index (κ1) is 14.4. The van der Waals surface area contributed by atoms with E-state index in [-0.39, 0.29) is 12.0 Å². The van der Waals surface area contributed by atoms with Gasteiger partial charge in [-0.15, -0.1) is 0 Å². The minimum absolute atomic E-state index is 0.0320. The van der Waals surface area contributed by atoms with Gasteiger partial charge in [0.05, 0.1) is 13.2 Å². The van der Waals surface area contributed by atoms with Crippen molar-refractivity contribution >= 4 is 0 Å². The van der Waals surface area contributed by atoms with Gasteiger partial charge < -0.3 is 15.6 Å². The highest BCUT2D eigenvalue weighted by molar-refractivity contribution is 5.40. The molecular formula is C16H25NO2. The molecule has 0 saturated heterocycles. The zero-order valence-electron chi connectivity index (χ0n) is 11.9. The average molecular weight is 263 g/mol. The molecule has 1 saturated carbocycles. The fraction of sp³-hybridized carbons (Fsp3) is 0.625. The van der Waals surface area contributed by atoms with E-state index in [1.807, 2.05) is 12.1 Å². The fourth-order valence-corrected chi connectivity index (χ4v) is 2.87. The topological polar surface area (TPSA) is 55.5 Å². The van der Waals surface area contributed by atoms with E-state index in [0.717, 1.165) is 17.7 Å². The second-order valence-electron chi connectivity index (χ2n) is 5.69. The summed E-state index contributed by atoms with van der Waals surface area (Å²) in [6.45, 7) is 2.50. The van der Waals surface area contributed by atoms with Gasteiger partial charge in [-0.25, -0.2) is 0 Å². The van der Waals surface area contributed by atoms with Crippen molar-refractivity contribution in [2.75, 3.05) is 13.7 Å². The summed E-state index contributed by atoms with van der Waals surface area (Å²) in [5.41, 5.74) is 8.11. The molecule has 3 nitrogen and oxygen atoms in total. The van der Waals surface area contributed by atoms with E-state index in [9.17, 15) is 5.11 Å². The summed E-state index contributed by atoms with van der Waals surface area (Å²) in [6, 6.07) is 6.07. The maximum atomic E-state index is 10.5. The lowest BCUT2D eigenvalue weighted by Gasteiger charge is -2.31. The van der Waals surface area contributed by atoms with E-state index in [4.69, 9.17) is 10.5 Å². The third-order valence-corrected chi connectivity index (χ3v) is 4.30. The molecule has 2 atom stereocenters. The molecule has 1 aliphatic rings. The van der Waals surface area contributed by atoms with E-state index in [0.29, 0.717) is 12.5 Å². The molecule has 0 spiro atoms. The minimum Gasteiger partial charge on any atom is -0.496 e. The van der Waals surface area contributed by atoms with Crippen molar-refractivity contribution in [3.05, 3.63) is 29.3 Å². The Morgan fingerprint density at radius 3 is 2.68 bits per heavy atom. The summed E-state index contributed by atoms with van der Waals surface area (Å²) in [5, 5.41) is 10.5. The van der Waals surface area contributed by atoms with Crippen molar-refractivity contribution in [1.29, 1.82) is 0 Å². The number of methoxy groups -OCH3 is 1. The highest BCUT2D eigenvalue weighted by Crippen LogP contribution is 2.36. The van der Waals surface area contributed by atoms with Crippen LogP contribution in [0.1, 0.15) is 42.7 Å². The first-order valence-corrected chi connectivity index (χ1v) is 7.18. The zero-order chi connectivity index (χ0) is 13.8. The lowest BCUT2D eigenvalue weighted by atomic mass is 9.78. The summed E-state index contributed by atoms with van der Waals surface area (Å²) < 4.78 is 5.41. The van der Waals surface area contributed by atoms with Crippen LogP contribution in [0.3, 0.4) is 0 Å². The molecule has 0 radical (unpaired) electrons. The Bertz CT molecular complexity index is 415. The summed E-state index contributed by atoms with van der Waals surface area (Å²) >= 11 is 0. The molecule has 0 aromatic heterocycles. The standard InChI is InChI=1S/C16H25NO2/c1-11-6-7-16(19-2)13(8-11)14(10-17)15(18)9-12-4-3-5-12/h6-8,12,14-15,18H,3-5,9-10,17H2,1-2H3. The number of nitrogens with two attached hydrogens (primary N) is 1. The number of hydrogen-bond acceptors (Lipinski definition) is 3. The lowest BCUT2D eigenvalue weighted by Crippen LogP contribution is -2.30. The summed E-state index contributed by atoms with van der Waals surface area (Å²) in [4.78, 5) is 0. The van der Waals surface area contributed by atoms with Crippen molar-refractivity contribution < 1.29 is 9.84 Å². The molecule has 0 bridgehead atoms. The first-order chi connectivity index (χ1) is 9.15. The van der Waals surface area contributed by atoms with E-state index in [1.165, 1.54) is 24.8 Å². The van der Waals surface area contributed by atoms with Gasteiger partial charge in [-0.2, -0.15) is 0 Å². The predicted octanol–water partition coefficient (Wildman–Crippen LogP) is 2.60. The third kappa shape index (κ3) is 3.28. The van der Waals surface area contributed by atoms with E-state index in [2.05, 4.69) is 13.0 Å². The van der Waals surface area contributed by atoms with Gasteiger partial charge in [-0.1, -0.05) is 37.0 Å². The van der Waals surface area contributed by atoms with Crippen LogP contribution in [0.25, 0.3) is 0 Å². The number of aryl methyl sites for hydroxylation is 1. The van der Waals surface area contributed by atoms with Crippen LogP contribution in [0.4, 0.5) is 0 Å². The minimum atomic E-state index is -0.369. The monoisotopic (exact) mass is 263 g/mol. The molecular weight excluding hydrogens is 238 g/mol. The number of hydrogen-bond donors (Lipinski definition) is 2.